The number of hydrogen-bond acceptors (Lipinski definition) is 3. The lowest BCUT2D eigenvalue weighted by Gasteiger charge is -2.12. The van der Waals surface area contributed by atoms with Crippen molar-refractivity contribution in [3.63, 3.8) is 0 Å². The van der Waals surface area contributed by atoms with Crippen molar-refractivity contribution in [3.8, 4) is 17.1 Å². The summed E-state index contributed by atoms with van der Waals surface area (Å²) in [7, 11) is 1.60. The highest BCUT2D eigenvalue weighted by atomic mass is 16.5. The van der Waals surface area contributed by atoms with Crippen molar-refractivity contribution < 1.29 is 13.9 Å². The number of ether oxygens (including phenoxy) is 1. The van der Waals surface area contributed by atoms with Crippen LogP contribution in [-0.2, 0) is 4.79 Å². The second-order valence-corrected chi connectivity index (χ2v) is 4.53. The predicted octanol–water partition coefficient (Wildman–Crippen LogP) is 3.55. The average molecular weight is 259 g/mol. The number of anilines is 1. The summed E-state index contributed by atoms with van der Waals surface area (Å²) in [4.78, 5) is 11.8. The Morgan fingerprint density at radius 2 is 2.11 bits per heavy atom. The van der Waals surface area contributed by atoms with E-state index < -0.39 is 0 Å². The molecule has 0 spiro atoms. The fraction of sp³-hybridized carbons (Fsp3) is 0.267. The van der Waals surface area contributed by atoms with Crippen molar-refractivity contribution in [3.05, 3.63) is 36.6 Å². The van der Waals surface area contributed by atoms with Gasteiger partial charge in [-0.3, -0.25) is 4.79 Å². The SMILES string of the molecule is COc1ccc(NC(=O)C(C)C)c(-c2ccco2)c1. The van der Waals surface area contributed by atoms with Crippen molar-refractivity contribution in [1.29, 1.82) is 0 Å². The predicted molar refractivity (Wildman–Crippen MR) is 74.2 cm³/mol. The summed E-state index contributed by atoms with van der Waals surface area (Å²) in [6, 6.07) is 9.12. The van der Waals surface area contributed by atoms with Gasteiger partial charge < -0.3 is 14.5 Å². The Hall–Kier alpha value is -2.23. The van der Waals surface area contributed by atoms with E-state index in [-0.39, 0.29) is 11.8 Å². The highest BCUT2D eigenvalue weighted by Gasteiger charge is 2.13. The van der Waals surface area contributed by atoms with Gasteiger partial charge in [-0.05, 0) is 30.3 Å². The first-order valence-corrected chi connectivity index (χ1v) is 6.14. The van der Waals surface area contributed by atoms with E-state index in [0.29, 0.717) is 11.5 Å². The Kier molecular flexibility index (Phi) is 3.90. The number of rotatable bonds is 4. The smallest absolute Gasteiger partial charge is 0.226 e. The van der Waals surface area contributed by atoms with Crippen LogP contribution in [0, 0.1) is 5.92 Å². The minimum absolute atomic E-state index is 0.0297. The fourth-order valence-corrected chi connectivity index (χ4v) is 1.67. The summed E-state index contributed by atoms with van der Waals surface area (Å²) in [6.07, 6.45) is 1.60. The maximum atomic E-state index is 11.8. The van der Waals surface area contributed by atoms with Crippen LogP contribution >= 0.6 is 0 Å². The standard InChI is InChI=1S/C15H17NO3/c1-10(2)15(17)16-13-7-6-11(18-3)9-12(13)14-5-4-8-19-14/h4-10H,1-3H3,(H,16,17). The average Bonchev–Trinajstić information content (AvgIpc) is 2.92. The van der Waals surface area contributed by atoms with Gasteiger partial charge in [0.2, 0.25) is 5.91 Å². The van der Waals surface area contributed by atoms with E-state index in [1.54, 1.807) is 13.4 Å². The maximum absolute atomic E-state index is 11.8. The first-order valence-electron chi connectivity index (χ1n) is 6.14. The van der Waals surface area contributed by atoms with Gasteiger partial charge in [0.15, 0.2) is 0 Å². The molecule has 0 saturated carbocycles. The second kappa shape index (κ2) is 5.61. The molecule has 0 unspecified atom stereocenters. The largest absolute Gasteiger partial charge is 0.497 e. The van der Waals surface area contributed by atoms with Crippen LogP contribution in [0.3, 0.4) is 0 Å². The van der Waals surface area contributed by atoms with E-state index in [4.69, 9.17) is 9.15 Å². The van der Waals surface area contributed by atoms with Gasteiger partial charge in [0.05, 0.1) is 19.1 Å². The zero-order valence-corrected chi connectivity index (χ0v) is 11.3. The van der Waals surface area contributed by atoms with E-state index in [9.17, 15) is 4.79 Å². The molecule has 0 fully saturated rings. The lowest BCUT2D eigenvalue weighted by molar-refractivity contribution is -0.118. The summed E-state index contributed by atoms with van der Waals surface area (Å²) in [5, 5.41) is 2.90. The van der Waals surface area contributed by atoms with Gasteiger partial charge in [-0.15, -0.1) is 0 Å². The third kappa shape index (κ3) is 2.96. The Bertz CT molecular complexity index is 559. The van der Waals surface area contributed by atoms with Gasteiger partial charge in [-0.2, -0.15) is 0 Å². The molecule has 0 atom stereocenters. The molecule has 0 aliphatic rings. The monoisotopic (exact) mass is 259 g/mol. The van der Waals surface area contributed by atoms with Gasteiger partial charge in [0.25, 0.3) is 0 Å². The topological polar surface area (TPSA) is 51.5 Å². The molecule has 2 aromatic rings. The molecule has 4 nitrogen and oxygen atoms in total. The van der Waals surface area contributed by atoms with E-state index in [1.165, 1.54) is 0 Å². The van der Waals surface area contributed by atoms with E-state index in [1.807, 2.05) is 44.2 Å². The first kappa shape index (κ1) is 13.2. The minimum Gasteiger partial charge on any atom is -0.497 e. The molecule has 0 bridgehead atoms. The lowest BCUT2D eigenvalue weighted by Crippen LogP contribution is -2.18. The number of benzene rings is 1. The first-order chi connectivity index (χ1) is 9.11. The summed E-state index contributed by atoms with van der Waals surface area (Å²) in [5.41, 5.74) is 1.52. The van der Waals surface area contributed by atoms with Crippen LogP contribution in [0.2, 0.25) is 0 Å². The third-order valence-corrected chi connectivity index (χ3v) is 2.80. The third-order valence-electron chi connectivity index (χ3n) is 2.80. The zero-order chi connectivity index (χ0) is 13.8. The Balaban J connectivity index is 2.40. The van der Waals surface area contributed by atoms with Gasteiger partial charge in [0.1, 0.15) is 11.5 Å². The minimum atomic E-state index is -0.0773. The van der Waals surface area contributed by atoms with Gasteiger partial charge in [-0.1, -0.05) is 13.8 Å². The summed E-state index contributed by atoms with van der Waals surface area (Å²) in [6.45, 7) is 3.71. The summed E-state index contributed by atoms with van der Waals surface area (Å²) < 4.78 is 10.6. The van der Waals surface area contributed by atoms with Crippen LogP contribution in [-0.4, -0.2) is 13.0 Å². The molecule has 100 valence electrons. The van der Waals surface area contributed by atoms with Crippen LogP contribution in [0.4, 0.5) is 5.69 Å². The highest BCUT2D eigenvalue weighted by molar-refractivity contribution is 5.96. The zero-order valence-electron chi connectivity index (χ0n) is 11.3. The van der Waals surface area contributed by atoms with Gasteiger partial charge >= 0.3 is 0 Å². The van der Waals surface area contributed by atoms with Crippen LogP contribution < -0.4 is 10.1 Å². The molecule has 0 radical (unpaired) electrons. The maximum Gasteiger partial charge on any atom is 0.226 e. The van der Waals surface area contributed by atoms with Crippen molar-refractivity contribution in [1.82, 2.24) is 0 Å². The van der Waals surface area contributed by atoms with E-state index >= 15 is 0 Å². The summed E-state index contributed by atoms with van der Waals surface area (Å²) in [5.74, 6) is 1.30. The van der Waals surface area contributed by atoms with E-state index in [0.717, 1.165) is 11.3 Å². The Labute approximate surface area is 112 Å². The molecule has 4 heteroatoms. The van der Waals surface area contributed by atoms with Crippen molar-refractivity contribution in [2.75, 3.05) is 12.4 Å². The number of carbonyl (C=O) groups excluding carboxylic acids is 1. The molecule has 1 N–H and O–H groups in total. The molecule has 19 heavy (non-hydrogen) atoms. The molecule has 1 aromatic heterocycles. The van der Waals surface area contributed by atoms with Crippen molar-refractivity contribution >= 4 is 11.6 Å². The number of methoxy groups -OCH3 is 1. The van der Waals surface area contributed by atoms with Gasteiger partial charge in [-0.25, -0.2) is 0 Å². The van der Waals surface area contributed by atoms with Crippen LogP contribution in [0.25, 0.3) is 11.3 Å². The van der Waals surface area contributed by atoms with Crippen LogP contribution in [0.15, 0.2) is 41.0 Å². The number of amides is 1. The van der Waals surface area contributed by atoms with Crippen LogP contribution in [0.1, 0.15) is 13.8 Å². The second-order valence-electron chi connectivity index (χ2n) is 4.53. The van der Waals surface area contributed by atoms with Crippen LogP contribution in [0.5, 0.6) is 5.75 Å². The molecule has 1 amide bonds. The van der Waals surface area contributed by atoms with Gasteiger partial charge in [0, 0.05) is 11.5 Å². The molecule has 0 aliphatic heterocycles. The van der Waals surface area contributed by atoms with Crippen molar-refractivity contribution in [2.45, 2.75) is 13.8 Å². The molecule has 1 aromatic carbocycles. The molecular formula is C15H17NO3. The summed E-state index contributed by atoms with van der Waals surface area (Å²) >= 11 is 0. The number of nitrogens with one attached hydrogen (secondary N) is 1. The Morgan fingerprint density at radius 3 is 2.68 bits per heavy atom. The molecular weight excluding hydrogens is 242 g/mol. The molecule has 2 rings (SSSR count). The number of carbonyl (C=O) groups is 1. The molecule has 0 saturated heterocycles. The Morgan fingerprint density at radius 1 is 1.32 bits per heavy atom. The fourth-order valence-electron chi connectivity index (χ4n) is 1.67. The highest BCUT2D eigenvalue weighted by Crippen LogP contribution is 2.32. The van der Waals surface area contributed by atoms with E-state index in [2.05, 4.69) is 5.32 Å². The normalized spacial score (nSPS) is 10.5. The lowest BCUT2D eigenvalue weighted by atomic mass is 10.1. The number of hydrogen-bond donors (Lipinski definition) is 1. The quantitative estimate of drug-likeness (QED) is 0.913. The number of furan rings is 1. The molecule has 0 aliphatic carbocycles. The molecule has 1 heterocycles. The van der Waals surface area contributed by atoms with Crippen molar-refractivity contribution in [2.24, 2.45) is 5.92 Å².